The van der Waals surface area contributed by atoms with E-state index in [2.05, 4.69) is 47.5 Å². The van der Waals surface area contributed by atoms with E-state index < -0.39 is 17.4 Å². The highest BCUT2D eigenvalue weighted by molar-refractivity contribution is 9.10. The molecular weight excluding hydrogens is 410 g/mol. The molecule has 0 aliphatic carbocycles. The van der Waals surface area contributed by atoms with E-state index in [-0.39, 0.29) is 18.0 Å². The Morgan fingerprint density at radius 1 is 1.29 bits per heavy atom. The van der Waals surface area contributed by atoms with Crippen molar-refractivity contribution in [2.75, 3.05) is 11.9 Å². The van der Waals surface area contributed by atoms with Gasteiger partial charge in [-0.05, 0) is 50.1 Å². The Bertz CT molecular complexity index is 738. The fourth-order valence-electron chi connectivity index (χ4n) is 1.43. The van der Waals surface area contributed by atoms with Crippen LogP contribution in [0.2, 0.25) is 0 Å². The lowest BCUT2D eigenvalue weighted by molar-refractivity contribution is -0.115. The summed E-state index contributed by atoms with van der Waals surface area (Å²) in [5, 5.41) is 4.77. The lowest BCUT2D eigenvalue weighted by Gasteiger charge is -2.05. The van der Waals surface area contributed by atoms with E-state index in [4.69, 9.17) is 4.42 Å². The molecule has 0 fully saturated rings. The summed E-state index contributed by atoms with van der Waals surface area (Å²) in [5.74, 6) is -0.980. The minimum absolute atomic E-state index is 0.0787. The number of anilines is 1. The third-order valence-corrected chi connectivity index (χ3v) is 3.23. The number of halogens is 2. The molecular formula is C12H9Br2N3O4. The third-order valence-electron chi connectivity index (χ3n) is 2.35. The number of hydrogen-bond acceptors (Lipinski definition) is 4. The summed E-state index contributed by atoms with van der Waals surface area (Å²) in [6.45, 7) is -0.289. The van der Waals surface area contributed by atoms with Crippen molar-refractivity contribution in [2.24, 2.45) is 0 Å². The van der Waals surface area contributed by atoms with Gasteiger partial charge in [-0.25, -0.2) is 0 Å². The number of amides is 2. The zero-order valence-electron chi connectivity index (χ0n) is 10.4. The number of aromatic nitrogens is 1. The number of furan rings is 1. The first-order valence-corrected chi connectivity index (χ1v) is 7.26. The molecule has 2 aromatic heterocycles. The molecule has 21 heavy (non-hydrogen) atoms. The summed E-state index contributed by atoms with van der Waals surface area (Å²) in [6.07, 6.45) is 1.45. The van der Waals surface area contributed by atoms with E-state index in [1.54, 1.807) is 6.07 Å². The Balaban J connectivity index is 1.92. The second-order valence-corrected chi connectivity index (χ2v) is 5.59. The van der Waals surface area contributed by atoms with Gasteiger partial charge in [-0.1, -0.05) is 0 Å². The second kappa shape index (κ2) is 6.72. The summed E-state index contributed by atoms with van der Waals surface area (Å²) in [6, 6.07) is 4.49. The Labute approximate surface area is 135 Å². The standard InChI is InChI=1S/C12H9Br2N3O4/c13-6-3-7(11(19)15-4-6)17-10(18)5-16-12(20)8-1-2-9(14)21-8/h1-4H,5H2,(H,15,19)(H,16,20)(H,17,18). The molecule has 0 radical (unpaired) electrons. The van der Waals surface area contributed by atoms with Crippen LogP contribution in [0.5, 0.6) is 0 Å². The molecule has 0 aliphatic heterocycles. The number of carbonyl (C=O) groups is 2. The molecule has 2 heterocycles. The maximum atomic E-state index is 11.7. The monoisotopic (exact) mass is 417 g/mol. The number of pyridine rings is 1. The third kappa shape index (κ3) is 4.30. The summed E-state index contributed by atoms with van der Waals surface area (Å²) in [4.78, 5) is 37.3. The average Bonchev–Trinajstić information content (AvgIpc) is 2.87. The molecule has 0 spiro atoms. The number of carbonyl (C=O) groups excluding carboxylic acids is 2. The molecule has 2 rings (SSSR count). The maximum absolute atomic E-state index is 11.7. The van der Waals surface area contributed by atoms with Gasteiger partial charge < -0.3 is 20.0 Å². The van der Waals surface area contributed by atoms with Gasteiger partial charge in [0.2, 0.25) is 5.91 Å². The minimum atomic E-state index is -0.530. The van der Waals surface area contributed by atoms with Crippen molar-refractivity contribution in [3.8, 4) is 0 Å². The first kappa shape index (κ1) is 15.5. The van der Waals surface area contributed by atoms with Gasteiger partial charge >= 0.3 is 0 Å². The molecule has 110 valence electrons. The van der Waals surface area contributed by atoms with Crippen molar-refractivity contribution in [3.63, 3.8) is 0 Å². The van der Waals surface area contributed by atoms with Crippen LogP contribution in [0.4, 0.5) is 5.69 Å². The van der Waals surface area contributed by atoms with Crippen LogP contribution in [0, 0.1) is 0 Å². The smallest absolute Gasteiger partial charge is 0.287 e. The molecule has 0 aromatic carbocycles. The van der Waals surface area contributed by atoms with E-state index in [0.717, 1.165) is 0 Å². The fourth-order valence-corrected chi connectivity index (χ4v) is 2.08. The highest BCUT2D eigenvalue weighted by Crippen LogP contribution is 2.13. The van der Waals surface area contributed by atoms with Crippen molar-refractivity contribution in [2.45, 2.75) is 0 Å². The average molecular weight is 419 g/mol. The first-order chi connectivity index (χ1) is 9.95. The van der Waals surface area contributed by atoms with Gasteiger partial charge in [0.1, 0.15) is 5.69 Å². The summed E-state index contributed by atoms with van der Waals surface area (Å²) < 4.78 is 6.07. The molecule has 7 nitrogen and oxygen atoms in total. The number of hydrogen-bond donors (Lipinski definition) is 3. The predicted molar refractivity (Wildman–Crippen MR) is 82.1 cm³/mol. The zero-order valence-corrected chi connectivity index (χ0v) is 13.6. The SMILES string of the molecule is O=C(CNC(=O)c1ccc(Br)o1)Nc1cc(Br)c[nH]c1=O. The van der Waals surface area contributed by atoms with Gasteiger partial charge in [0.25, 0.3) is 11.5 Å². The summed E-state index contributed by atoms with van der Waals surface area (Å²) in [5.41, 5.74) is -0.350. The van der Waals surface area contributed by atoms with Gasteiger partial charge in [0.05, 0.1) is 6.54 Å². The molecule has 0 unspecified atom stereocenters. The normalized spacial score (nSPS) is 10.2. The first-order valence-electron chi connectivity index (χ1n) is 5.67. The van der Waals surface area contributed by atoms with E-state index in [0.29, 0.717) is 9.14 Å². The maximum Gasteiger partial charge on any atom is 0.287 e. The molecule has 9 heteroatoms. The fraction of sp³-hybridized carbons (Fsp3) is 0.0833. The van der Waals surface area contributed by atoms with Crippen molar-refractivity contribution in [1.29, 1.82) is 0 Å². The predicted octanol–water partition coefficient (Wildman–Crippen LogP) is 1.86. The number of nitrogens with one attached hydrogen (secondary N) is 3. The lowest BCUT2D eigenvalue weighted by Crippen LogP contribution is -2.33. The van der Waals surface area contributed by atoms with E-state index in [1.165, 1.54) is 18.3 Å². The zero-order chi connectivity index (χ0) is 15.4. The summed E-state index contributed by atoms with van der Waals surface area (Å²) in [7, 11) is 0. The van der Waals surface area contributed by atoms with Crippen molar-refractivity contribution >= 4 is 49.4 Å². The van der Waals surface area contributed by atoms with Crippen LogP contribution < -0.4 is 16.2 Å². The van der Waals surface area contributed by atoms with Gasteiger partial charge in [0, 0.05) is 10.7 Å². The number of rotatable bonds is 4. The minimum Gasteiger partial charge on any atom is -0.444 e. The van der Waals surface area contributed by atoms with E-state index in [1.807, 2.05) is 0 Å². The van der Waals surface area contributed by atoms with Crippen LogP contribution in [0.1, 0.15) is 10.6 Å². The van der Waals surface area contributed by atoms with Crippen molar-refractivity contribution in [3.05, 3.63) is 49.7 Å². The van der Waals surface area contributed by atoms with Crippen LogP contribution in [0.3, 0.4) is 0 Å². The van der Waals surface area contributed by atoms with Gasteiger partial charge in [0.15, 0.2) is 10.4 Å². The van der Waals surface area contributed by atoms with Gasteiger partial charge in [-0.3, -0.25) is 14.4 Å². The highest BCUT2D eigenvalue weighted by Gasteiger charge is 2.12. The van der Waals surface area contributed by atoms with Crippen LogP contribution in [0.25, 0.3) is 0 Å². The second-order valence-electron chi connectivity index (χ2n) is 3.90. The van der Waals surface area contributed by atoms with Crippen LogP contribution >= 0.6 is 31.9 Å². The van der Waals surface area contributed by atoms with Crippen LogP contribution in [-0.4, -0.2) is 23.3 Å². The number of aromatic amines is 1. The Kier molecular flexibility index (Phi) is 4.97. The highest BCUT2D eigenvalue weighted by atomic mass is 79.9. The summed E-state index contributed by atoms with van der Waals surface area (Å²) >= 11 is 6.24. The molecule has 0 aliphatic rings. The van der Waals surface area contributed by atoms with Gasteiger partial charge in [-0.15, -0.1) is 0 Å². The molecule has 0 atom stereocenters. The Morgan fingerprint density at radius 2 is 2.05 bits per heavy atom. The number of H-pyrrole nitrogens is 1. The van der Waals surface area contributed by atoms with E-state index in [9.17, 15) is 14.4 Å². The van der Waals surface area contributed by atoms with Crippen LogP contribution in [0.15, 0.2) is 42.7 Å². The van der Waals surface area contributed by atoms with Crippen LogP contribution in [-0.2, 0) is 4.79 Å². The molecule has 0 saturated heterocycles. The van der Waals surface area contributed by atoms with Crippen molar-refractivity contribution < 1.29 is 14.0 Å². The largest absolute Gasteiger partial charge is 0.444 e. The molecule has 0 saturated carbocycles. The lowest BCUT2D eigenvalue weighted by atomic mass is 10.4. The molecule has 3 N–H and O–H groups in total. The molecule has 2 amide bonds. The molecule has 0 bridgehead atoms. The quantitative estimate of drug-likeness (QED) is 0.704. The Morgan fingerprint density at radius 3 is 2.71 bits per heavy atom. The van der Waals surface area contributed by atoms with Crippen molar-refractivity contribution in [1.82, 2.24) is 10.3 Å². The van der Waals surface area contributed by atoms with Gasteiger partial charge in [-0.2, -0.15) is 0 Å². The molecule has 2 aromatic rings. The Hall–Kier alpha value is -1.87. The van der Waals surface area contributed by atoms with E-state index >= 15 is 0 Å². The topological polar surface area (TPSA) is 104 Å².